The second kappa shape index (κ2) is 9.89. The lowest BCUT2D eigenvalue weighted by atomic mass is 9.93. The molecule has 1 heterocycles. The average molecular weight is 353 g/mol. The van der Waals surface area contributed by atoms with Gasteiger partial charge in [0.1, 0.15) is 0 Å². The fourth-order valence-electron chi connectivity index (χ4n) is 4.60. The lowest BCUT2D eigenvalue weighted by Gasteiger charge is -2.34. The maximum atomic E-state index is 11.2. The number of carbonyl (C=O) groups is 1. The number of carbonyl (C=O) groups excluding carboxylic acids is 1. The highest BCUT2D eigenvalue weighted by Crippen LogP contribution is 2.28. The van der Waals surface area contributed by atoms with E-state index in [1.165, 1.54) is 32.1 Å². The molecule has 0 bridgehead atoms. The van der Waals surface area contributed by atoms with E-state index in [9.17, 15) is 4.79 Å². The van der Waals surface area contributed by atoms with Crippen LogP contribution in [0.5, 0.6) is 0 Å². The van der Waals surface area contributed by atoms with E-state index in [1.807, 2.05) is 0 Å². The number of rotatable bonds is 7. The Morgan fingerprint density at radius 2 is 1.44 bits per heavy atom. The van der Waals surface area contributed by atoms with Gasteiger partial charge in [0.05, 0.1) is 24.9 Å². The van der Waals surface area contributed by atoms with E-state index in [1.54, 1.807) is 0 Å². The van der Waals surface area contributed by atoms with E-state index in [-0.39, 0.29) is 11.8 Å². The van der Waals surface area contributed by atoms with Gasteiger partial charge in [0, 0.05) is 12.5 Å². The predicted octanol–water partition coefficient (Wildman–Crippen LogP) is 2.86. The Morgan fingerprint density at radius 1 is 0.840 bits per heavy atom. The standard InChI is InChI=1S/C20H36N2O3/c21-20(23)16-10-12-22(13-11-16)14-15-24-17-6-8-19(9-7-17)25-18-4-2-1-3-5-18/h16-19H,1-15H2,(H2,21,23). The van der Waals surface area contributed by atoms with Gasteiger partial charge in [0.15, 0.2) is 0 Å². The molecule has 1 aliphatic heterocycles. The molecule has 3 fully saturated rings. The third kappa shape index (κ3) is 6.22. The van der Waals surface area contributed by atoms with Crippen molar-refractivity contribution in [1.29, 1.82) is 0 Å². The highest BCUT2D eigenvalue weighted by atomic mass is 16.5. The molecule has 0 spiro atoms. The minimum absolute atomic E-state index is 0.0802. The molecule has 5 nitrogen and oxygen atoms in total. The van der Waals surface area contributed by atoms with Crippen LogP contribution in [0.1, 0.15) is 70.6 Å². The van der Waals surface area contributed by atoms with Crippen LogP contribution in [-0.4, -0.2) is 55.4 Å². The van der Waals surface area contributed by atoms with Gasteiger partial charge in [0.25, 0.3) is 0 Å². The van der Waals surface area contributed by atoms with Gasteiger partial charge >= 0.3 is 0 Å². The van der Waals surface area contributed by atoms with Gasteiger partial charge in [-0.05, 0) is 64.5 Å². The van der Waals surface area contributed by atoms with Gasteiger partial charge in [-0.3, -0.25) is 4.79 Å². The van der Waals surface area contributed by atoms with Crippen molar-refractivity contribution >= 4 is 5.91 Å². The Kier molecular flexibility index (Phi) is 7.56. The molecule has 1 amide bonds. The van der Waals surface area contributed by atoms with Gasteiger partial charge in [-0.25, -0.2) is 0 Å². The van der Waals surface area contributed by atoms with Crippen LogP contribution < -0.4 is 5.73 Å². The van der Waals surface area contributed by atoms with Gasteiger partial charge < -0.3 is 20.1 Å². The van der Waals surface area contributed by atoms with Crippen LogP contribution in [0.2, 0.25) is 0 Å². The minimum Gasteiger partial charge on any atom is -0.377 e. The number of piperidine rings is 1. The third-order valence-electron chi connectivity index (χ3n) is 6.31. The molecule has 0 aromatic heterocycles. The molecule has 1 saturated heterocycles. The van der Waals surface area contributed by atoms with E-state index in [4.69, 9.17) is 15.2 Å². The van der Waals surface area contributed by atoms with Gasteiger partial charge in [-0.2, -0.15) is 0 Å². The summed E-state index contributed by atoms with van der Waals surface area (Å²) >= 11 is 0. The zero-order valence-electron chi connectivity index (χ0n) is 15.7. The summed E-state index contributed by atoms with van der Waals surface area (Å²) in [5.41, 5.74) is 5.39. The van der Waals surface area contributed by atoms with Crippen molar-refractivity contribution in [3.05, 3.63) is 0 Å². The minimum atomic E-state index is -0.136. The van der Waals surface area contributed by atoms with Crippen molar-refractivity contribution in [3.8, 4) is 0 Å². The smallest absolute Gasteiger partial charge is 0.220 e. The summed E-state index contributed by atoms with van der Waals surface area (Å²) in [7, 11) is 0. The number of nitrogens with zero attached hydrogens (tertiary/aromatic N) is 1. The van der Waals surface area contributed by atoms with Crippen LogP contribution in [0.3, 0.4) is 0 Å². The summed E-state index contributed by atoms with van der Waals surface area (Å²) < 4.78 is 12.4. The van der Waals surface area contributed by atoms with Gasteiger partial charge in [-0.15, -0.1) is 0 Å². The maximum Gasteiger partial charge on any atom is 0.220 e. The van der Waals surface area contributed by atoms with Crippen molar-refractivity contribution in [2.45, 2.75) is 88.9 Å². The number of hydrogen-bond donors (Lipinski definition) is 1. The van der Waals surface area contributed by atoms with Gasteiger partial charge in [-0.1, -0.05) is 19.3 Å². The average Bonchev–Trinajstić information content (AvgIpc) is 2.64. The number of likely N-dealkylation sites (tertiary alicyclic amines) is 1. The van der Waals surface area contributed by atoms with Crippen LogP contribution in [0, 0.1) is 5.92 Å². The number of hydrogen-bond acceptors (Lipinski definition) is 4. The van der Waals surface area contributed by atoms with Crippen molar-refractivity contribution in [3.63, 3.8) is 0 Å². The zero-order valence-corrected chi connectivity index (χ0v) is 15.7. The molecule has 25 heavy (non-hydrogen) atoms. The topological polar surface area (TPSA) is 64.8 Å². The van der Waals surface area contributed by atoms with E-state index in [0.717, 1.165) is 64.8 Å². The lowest BCUT2D eigenvalue weighted by molar-refractivity contribution is -0.123. The Hall–Kier alpha value is -0.650. The molecule has 144 valence electrons. The quantitative estimate of drug-likeness (QED) is 0.765. The molecule has 0 atom stereocenters. The molecular formula is C20H36N2O3. The molecule has 0 aromatic rings. The highest BCUT2D eigenvalue weighted by molar-refractivity contribution is 5.76. The Labute approximate surface area is 152 Å². The van der Waals surface area contributed by atoms with Crippen molar-refractivity contribution < 1.29 is 14.3 Å². The highest BCUT2D eigenvalue weighted by Gasteiger charge is 2.26. The molecule has 0 aromatic carbocycles. The third-order valence-corrected chi connectivity index (χ3v) is 6.31. The molecular weight excluding hydrogens is 316 g/mol. The number of nitrogens with two attached hydrogens (primary N) is 1. The molecule has 2 aliphatic carbocycles. The predicted molar refractivity (Wildman–Crippen MR) is 98.3 cm³/mol. The van der Waals surface area contributed by atoms with Gasteiger partial charge in [0.2, 0.25) is 5.91 Å². The summed E-state index contributed by atoms with van der Waals surface area (Å²) in [6.07, 6.45) is 14.4. The SMILES string of the molecule is NC(=O)C1CCN(CCOC2CCC(OC3CCCCC3)CC2)CC1. The summed E-state index contributed by atoms with van der Waals surface area (Å²) in [4.78, 5) is 13.6. The summed E-state index contributed by atoms with van der Waals surface area (Å²) in [5, 5.41) is 0. The van der Waals surface area contributed by atoms with Crippen molar-refractivity contribution in [2.75, 3.05) is 26.2 Å². The van der Waals surface area contributed by atoms with E-state index >= 15 is 0 Å². The molecule has 2 saturated carbocycles. The zero-order chi connectivity index (χ0) is 17.5. The van der Waals surface area contributed by atoms with Crippen molar-refractivity contribution in [2.24, 2.45) is 11.7 Å². The molecule has 3 rings (SSSR count). The molecule has 3 aliphatic rings. The molecule has 5 heteroatoms. The van der Waals surface area contributed by atoms with Crippen LogP contribution in [0.25, 0.3) is 0 Å². The normalized spacial score (nSPS) is 30.4. The van der Waals surface area contributed by atoms with Crippen LogP contribution >= 0.6 is 0 Å². The summed E-state index contributed by atoms with van der Waals surface area (Å²) in [5.74, 6) is -0.0558. The van der Waals surface area contributed by atoms with Crippen molar-refractivity contribution in [1.82, 2.24) is 4.90 Å². The second-order valence-corrected chi connectivity index (χ2v) is 8.18. The number of amides is 1. The largest absolute Gasteiger partial charge is 0.377 e. The first kappa shape index (κ1) is 19.1. The summed E-state index contributed by atoms with van der Waals surface area (Å²) in [6.45, 7) is 3.72. The Balaban J connectivity index is 1.24. The van der Waals surface area contributed by atoms with E-state index in [0.29, 0.717) is 18.3 Å². The maximum absolute atomic E-state index is 11.2. The monoisotopic (exact) mass is 352 g/mol. The molecule has 0 unspecified atom stereocenters. The lowest BCUT2D eigenvalue weighted by Crippen LogP contribution is -2.40. The first-order valence-corrected chi connectivity index (χ1v) is 10.5. The fourth-order valence-corrected chi connectivity index (χ4v) is 4.60. The summed E-state index contributed by atoms with van der Waals surface area (Å²) in [6, 6.07) is 0. The fraction of sp³-hybridized carbons (Fsp3) is 0.950. The molecule has 2 N–H and O–H groups in total. The molecule has 0 radical (unpaired) electrons. The number of ether oxygens (including phenoxy) is 2. The van der Waals surface area contributed by atoms with E-state index in [2.05, 4.69) is 4.90 Å². The van der Waals surface area contributed by atoms with Crippen LogP contribution in [0.15, 0.2) is 0 Å². The second-order valence-electron chi connectivity index (χ2n) is 8.18. The Bertz CT molecular complexity index is 396. The number of primary amides is 1. The van der Waals surface area contributed by atoms with E-state index < -0.39 is 0 Å². The first-order valence-electron chi connectivity index (χ1n) is 10.5. The Morgan fingerprint density at radius 3 is 2.08 bits per heavy atom. The first-order chi connectivity index (χ1) is 12.2. The van der Waals surface area contributed by atoms with Crippen LogP contribution in [0.4, 0.5) is 0 Å². The van der Waals surface area contributed by atoms with Crippen LogP contribution in [-0.2, 0) is 14.3 Å².